The fourth-order valence-corrected chi connectivity index (χ4v) is 4.38. The van der Waals surface area contributed by atoms with Gasteiger partial charge < -0.3 is 30.3 Å². The van der Waals surface area contributed by atoms with Crippen molar-refractivity contribution < 1.29 is 60.4 Å². The molecule has 0 atom stereocenters. The minimum atomic E-state index is -5.08. The summed E-state index contributed by atoms with van der Waals surface area (Å²) in [5.41, 5.74) is 7.24. The molecule has 4 rings (SSSR count). The highest BCUT2D eigenvalue weighted by Crippen LogP contribution is 2.26. The van der Waals surface area contributed by atoms with Crippen LogP contribution in [0.15, 0.2) is 53.6 Å². The van der Waals surface area contributed by atoms with Gasteiger partial charge in [0.25, 0.3) is 0 Å². The summed E-state index contributed by atoms with van der Waals surface area (Å²) in [6.45, 7) is 2.18. The number of amidine groups is 1. The molecule has 5 N–H and O–H groups in total. The summed E-state index contributed by atoms with van der Waals surface area (Å²) in [6.07, 6.45) is -4.34. The van der Waals surface area contributed by atoms with E-state index in [-0.39, 0.29) is 13.2 Å². The number of aromatic nitrogens is 1. The Morgan fingerprint density at radius 3 is 2.09 bits per heavy atom. The number of nitrogens with zero attached hydrogens (tertiary/aromatic N) is 2. The first-order valence-corrected chi connectivity index (χ1v) is 14.2. The second kappa shape index (κ2) is 16.5. The monoisotopic (exact) mass is 678 g/mol. The van der Waals surface area contributed by atoms with Crippen LogP contribution in [0.4, 0.5) is 32.2 Å². The largest absolute Gasteiger partial charge is 0.490 e. The third-order valence-corrected chi connectivity index (χ3v) is 6.73. The van der Waals surface area contributed by atoms with Crippen LogP contribution in [0.2, 0.25) is 0 Å². The molecular weight excluding hydrogens is 650 g/mol. The minimum Gasteiger partial charge on any atom is -0.490 e. The number of nitrogen functional groups attached to an aromatic ring is 1. The van der Waals surface area contributed by atoms with E-state index in [4.69, 9.17) is 40.4 Å². The average Bonchev–Trinajstić information content (AvgIpc) is 3.54. The van der Waals surface area contributed by atoms with Crippen molar-refractivity contribution in [3.8, 4) is 5.75 Å². The lowest BCUT2D eigenvalue weighted by atomic mass is 10.1. The Morgan fingerprint density at radius 2 is 1.54 bits per heavy atom. The lowest BCUT2D eigenvalue weighted by molar-refractivity contribution is -0.193. The van der Waals surface area contributed by atoms with E-state index < -0.39 is 30.3 Å². The summed E-state index contributed by atoms with van der Waals surface area (Å²) in [6, 6.07) is 12.9. The maximum Gasteiger partial charge on any atom is 0.490 e. The van der Waals surface area contributed by atoms with Gasteiger partial charge in [0.1, 0.15) is 30.6 Å². The average molecular weight is 679 g/mol. The van der Waals surface area contributed by atoms with Crippen molar-refractivity contribution in [1.82, 2.24) is 9.88 Å². The molecule has 1 fully saturated rings. The molecule has 0 spiro atoms. The molecule has 11 nitrogen and oxygen atoms in total. The van der Waals surface area contributed by atoms with E-state index in [1.807, 2.05) is 42.7 Å². The number of aliphatic carboxylic acids is 2. The van der Waals surface area contributed by atoms with Crippen LogP contribution in [0.1, 0.15) is 28.8 Å². The molecule has 18 heteroatoms. The molecular formula is C28H28F6N4O7S. The van der Waals surface area contributed by atoms with Crippen molar-refractivity contribution >= 4 is 52.1 Å². The molecule has 0 unspecified atom stereocenters. The Hall–Kier alpha value is -4.74. The molecule has 0 bridgehead atoms. The smallest absolute Gasteiger partial charge is 0.490 e. The number of thioether (sulfide) groups is 1. The van der Waals surface area contributed by atoms with E-state index in [0.29, 0.717) is 23.0 Å². The molecule has 1 aromatic heterocycles. The van der Waals surface area contributed by atoms with Crippen LogP contribution in [0, 0.1) is 5.41 Å². The third-order valence-electron chi connectivity index (χ3n) is 5.96. The zero-order valence-corrected chi connectivity index (χ0v) is 24.8. The molecule has 0 radical (unpaired) electrons. The van der Waals surface area contributed by atoms with Gasteiger partial charge in [0.15, 0.2) is 0 Å². The van der Waals surface area contributed by atoms with E-state index in [1.54, 1.807) is 12.3 Å². The van der Waals surface area contributed by atoms with Crippen molar-refractivity contribution in [2.75, 3.05) is 38.3 Å². The number of carboxylic acid groups (broad SMARTS) is 2. The molecule has 250 valence electrons. The molecule has 0 saturated carbocycles. The first-order valence-electron chi connectivity index (χ1n) is 13.0. The summed E-state index contributed by atoms with van der Waals surface area (Å²) >= 11 is 1.47. The number of benzene rings is 2. The maximum atomic E-state index is 12.6. The number of hydrogen-bond acceptors (Lipinski definition) is 9. The van der Waals surface area contributed by atoms with Gasteiger partial charge in [0, 0.05) is 35.1 Å². The summed E-state index contributed by atoms with van der Waals surface area (Å²) < 4.78 is 74.6. The molecule has 1 saturated heterocycles. The number of pyridine rings is 1. The van der Waals surface area contributed by atoms with E-state index in [1.165, 1.54) is 11.8 Å². The van der Waals surface area contributed by atoms with Crippen LogP contribution < -0.4 is 10.5 Å². The number of esters is 1. The van der Waals surface area contributed by atoms with Crippen molar-refractivity contribution in [2.45, 2.75) is 30.1 Å². The number of fused-ring (bicyclic) bond motifs is 1. The maximum absolute atomic E-state index is 12.6. The second-order valence-electron chi connectivity index (χ2n) is 9.13. The zero-order chi connectivity index (χ0) is 34.7. The normalized spacial score (nSPS) is 12.7. The predicted molar refractivity (Wildman–Crippen MR) is 155 cm³/mol. The Balaban J connectivity index is 0.000000440. The number of nitrogens with one attached hydrogen (secondary N) is 1. The highest BCUT2D eigenvalue weighted by atomic mass is 32.2. The van der Waals surface area contributed by atoms with Crippen LogP contribution in [0.5, 0.6) is 5.75 Å². The molecule has 1 aliphatic heterocycles. The lowest BCUT2D eigenvalue weighted by Gasteiger charge is -2.19. The zero-order valence-electron chi connectivity index (χ0n) is 23.9. The molecule has 1 aliphatic rings. The van der Waals surface area contributed by atoms with Crippen molar-refractivity contribution in [3.05, 3.63) is 59.8 Å². The number of hydrogen-bond donors (Lipinski definition) is 4. The van der Waals surface area contributed by atoms with Gasteiger partial charge in [-0.15, -0.1) is 11.8 Å². The fraction of sp³-hybridized carbons (Fsp3) is 0.321. The summed E-state index contributed by atoms with van der Waals surface area (Å²) in [5.74, 6) is -4.31. The number of carboxylic acids is 2. The highest BCUT2D eigenvalue weighted by Gasteiger charge is 2.38. The number of halogens is 6. The van der Waals surface area contributed by atoms with Crippen LogP contribution in [-0.4, -0.2) is 88.8 Å². The van der Waals surface area contributed by atoms with E-state index in [2.05, 4.69) is 9.88 Å². The summed E-state index contributed by atoms with van der Waals surface area (Å²) in [7, 11) is 0. The number of rotatable bonds is 7. The van der Waals surface area contributed by atoms with Gasteiger partial charge in [0.2, 0.25) is 0 Å². The van der Waals surface area contributed by atoms with E-state index >= 15 is 0 Å². The van der Waals surface area contributed by atoms with E-state index in [9.17, 15) is 31.1 Å². The predicted octanol–water partition coefficient (Wildman–Crippen LogP) is 5.46. The first-order chi connectivity index (χ1) is 21.4. The number of alkyl halides is 6. The first kappa shape index (κ1) is 37.4. The molecule has 2 aromatic carbocycles. The fourth-order valence-electron chi connectivity index (χ4n) is 3.76. The quantitative estimate of drug-likeness (QED) is 0.0623. The summed E-state index contributed by atoms with van der Waals surface area (Å²) in [5, 5.41) is 24.5. The Labute approximate surface area is 261 Å². The van der Waals surface area contributed by atoms with Gasteiger partial charge in [-0.25, -0.2) is 19.4 Å². The number of carbonyl (C=O) groups is 3. The third kappa shape index (κ3) is 11.3. The van der Waals surface area contributed by atoms with Crippen LogP contribution in [0.3, 0.4) is 0 Å². The lowest BCUT2D eigenvalue weighted by Crippen LogP contribution is -2.27. The van der Waals surface area contributed by atoms with Gasteiger partial charge in [-0.3, -0.25) is 5.41 Å². The van der Waals surface area contributed by atoms with Gasteiger partial charge in [-0.05, 0) is 54.8 Å². The van der Waals surface area contributed by atoms with Crippen molar-refractivity contribution in [3.63, 3.8) is 0 Å². The highest BCUT2D eigenvalue weighted by molar-refractivity contribution is 7.98. The van der Waals surface area contributed by atoms with Gasteiger partial charge >= 0.3 is 30.3 Å². The van der Waals surface area contributed by atoms with Crippen molar-refractivity contribution in [2.24, 2.45) is 0 Å². The molecule has 2 heterocycles. The molecule has 0 aliphatic carbocycles. The van der Waals surface area contributed by atoms with Crippen molar-refractivity contribution in [1.29, 1.82) is 5.41 Å². The number of likely N-dealkylation sites (tertiary alicyclic amines) is 1. The van der Waals surface area contributed by atoms with Gasteiger partial charge in [0.05, 0.1) is 5.56 Å². The standard InChI is InChI=1S/C24H26N4O3S.2C2HF3O2/c1-32-21-14-17(23(26)28-10-2-3-11-28)5-7-19(21)24(29)31-13-12-30-18-6-4-16-8-9-27-22(25)20(16)15-18;2*3-2(4,5)1(6)7/h4-9,14-15,26H,2-3,10-13H2,1H3,(H2,25,27);2*(H,6,7). The second-order valence-corrected chi connectivity index (χ2v) is 9.98. The van der Waals surface area contributed by atoms with Gasteiger partial charge in [-0.1, -0.05) is 12.1 Å². The summed E-state index contributed by atoms with van der Waals surface area (Å²) in [4.78, 5) is 37.4. The Bertz CT molecular complexity index is 1520. The topological polar surface area (TPSA) is 176 Å². The van der Waals surface area contributed by atoms with Crippen LogP contribution in [0.25, 0.3) is 10.8 Å². The molecule has 0 amide bonds. The van der Waals surface area contributed by atoms with Gasteiger partial charge in [-0.2, -0.15) is 26.3 Å². The number of anilines is 1. The number of ether oxygens (including phenoxy) is 2. The Morgan fingerprint density at radius 1 is 0.957 bits per heavy atom. The number of nitrogens with two attached hydrogens (primary N) is 1. The molecule has 46 heavy (non-hydrogen) atoms. The molecule has 3 aromatic rings. The Kier molecular flexibility index (Phi) is 13.5. The number of carbonyl (C=O) groups excluding carboxylic acids is 1. The van der Waals surface area contributed by atoms with E-state index in [0.717, 1.165) is 47.2 Å². The van der Waals surface area contributed by atoms with Crippen LogP contribution in [-0.2, 0) is 14.3 Å². The van der Waals surface area contributed by atoms with Crippen LogP contribution >= 0.6 is 11.8 Å². The SMILES string of the molecule is CSc1cc(C(=N)N2CCCC2)ccc1C(=O)OCCOc1ccc2ccnc(N)c2c1.O=C(O)C(F)(F)F.O=C(O)C(F)(F)F. The minimum absolute atomic E-state index is 0.124.